The summed E-state index contributed by atoms with van der Waals surface area (Å²) >= 11 is 1.83. The highest BCUT2D eigenvalue weighted by Crippen LogP contribution is 2.29. The molecular weight excluding hydrogens is 191 g/mol. The van der Waals surface area contributed by atoms with Gasteiger partial charge in [-0.3, -0.25) is 0 Å². The molecule has 1 aliphatic rings. The lowest BCUT2D eigenvalue weighted by Gasteiger charge is -2.08. The van der Waals surface area contributed by atoms with E-state index in [0.29, 0.717) is 0 Å². The second kappa shape index (κ2) is 6.44. The lowest BCUT2D eigenvalue weighted by molar-refractivity contribution is 0.258. The van der Waals surface area contributed by atoms with Gasteiger partial charge in [0.1, 0.15) is 5.09 Å². The average Bonchev–Trinajstić information content (AvgIpc) is 2.52. The van der Waals surface area contributed by atoms with E-state index < -0.39 is 0 Å². The lowest BCUT2D eigenvalue weighted by atomic mass is 9.48. The highest BCUT2D eigenvalue weighted by Gasteiger charge is 2.23. The summed E-state index contributed by atoms with van der Waals surface area (Å²) in [5.74, 6) is 4.36. The Hall–Kier alpha value is -0.0451. The summed E-state index contributed by atoms with van der Waals surface area (Å²) in [5.41, 5.74) is 0. The number of ether oxygens (including phenoxy) is 1. The van der Waals surface area contributed by atoms with E-state index in [0.717, 1.165) is 30.1 Å². The Balaban J connectivity index is 2.44. The van der Waals surface area contributed by atoms with Gasteiger partial charge >= 0.3 is 0 Å². The van der Waals surface area contributed by atoms with Crippen molar-refractivity contribution in [2.45, 2.75) is 39.8 Å². The number of hydrogen-bond donors (Lipinski definition) is 0. The van der Waals surface area contributed by atoms with Crippen molar-refractivity contribution in [1.82, 2.24) is 0 Å². The fraction of sp³-hybridized carbons (Fsp3) is 0.818. The van der Waals surface area contributed by atoms with Crippen molar-refractivity contribution >= 4 is 18.5 Å². The normalized spacial score (nSPS) is 22.9. The van der Waals surface area contributed by atoms with E-state index in [4.69, 9.17) is 4.74 Å². The van der Waals surface area contributed by atoms with Gasteiger partial charge in [-0.2, -0.15) is 0 Å². The zero-order chi connectivity index (χ0) is 10.4. The van der Waals surface area contributed by atoms with Gasteiger partial charge in [0.2, 0.25) is 0 Å². The van der Waals surface area contributed by atoms with Crippen LogP contribution in [0.25, 0.3) is 0 Å². The van der Waals surface area contributed by atoms with Gasteiger partial charge in [-0.15, -0.1) is 0 Å². The topological polar surface area (TPSA) is 9.23 Å². The van der Waals surface area contributed by atoms with Gasteiger partial charge in [-0.1, -0.05) is 56.6 Å². The van der Waals surface area contributed by atoms with Gasteiger partial charge in [-0.05, 0) is 12.7 Å². The van der Waals surface area contributed by atoms with Crippen molar-refractivity contribution in [3.05, 3.63) is 11.1 Å². The Morgan fingerprint density at radius 1 is 1.57 bits per heavy atom. The largest absolute Gasteiger partial charge is 0.489 e. The van der Waals surface area contributed by atoms with Crippen LogP contribution < -0.4 is 0 Å². The van der Waals surface area contributed by atoms with Crippen LogP contribution in [0.1, 0.15) is 27.2 Å². The molecule has 0 aromatic rings. The van der Waals surface area contributed by atoms with Crippen molar-refractivity contribution in [1.29, 1.82) is 0 Å². The maximum absolute atomic E-state index is 5.60. The Bertz CT molecular complexity index is 186. The minimum atomic E-state index is 0.769. The second-order valence-corrected chi connectivity index (χ2v) is 5.30. The van der Waals surface area contributed by atoms with Gasteiger partial charge in [0.25, 0.3) is 0 Å². The van der Waals surface area contributed by atoms with Gasteiger partial charge in [0, 0.05) is 0 Å². The van der Waals surface area contributed by atoms with Crippen LogP contribution in [0.2, 0.25) is 12.6 Å². The summed E-state index contributed by atoms with van der Waals surface area (Å²) in [4.78, 5) is 0. The summed E-state index contributed by atoms with van der Waals surface area (Å²) < 4.78 is 5.60. The van der Waals surface area contributed by atoms with Crippen LogP contribution in [-0.4, -0.2) is 19.1 Å². The zero-order valence-corrected chi connectivity index (χ0v) is 10.4. The quantitative estimate of drug-likeness (QED) is 0.507. The van der Waals surface area contributed by atoms with Crippen LogP contribution in [0.4, 0.5) is 0 Å². The molecule has 1 rings (SSSR count). The van der Waals surface area contributed by atoms with Crippen LogP contribution in [0.3, 0.4) is 0 Å². The van der Waals surface area contributed by atoms with Gasteiger partial charge in [0.15, 0.2) is 6.71 Å². The first kappa shape index (κ1) is 12.0. The van der Waals surface area contributed by atoms with E-state index in [-0.39, 0.29) is 0 Å². The molecule has 0 radical (unpaired) electrons. The Morgan fingerprint density at radius 3 is 2.86 bits per heavy atom. The first-order valence-electron chi connectivity index (χ1n) is 5.73. The molecule has 1 atom stereocenters. The van der Waals surface area contributed by atoms with Crippen LogP contribution in [0, 0.1) is 5.92 Å². The van der Waals surface area contributed by atoms with Crippen LogP contribution in [0.5, 0.6) is 0 Å². The average molecular weight is 212 g/mol. The van der Waals surface area contributed by atoms with Crippen molar-refractivity contribution < 1.29 is 4.74 Å². The summed E-state index contributed by atoms with van der Waals surface area (Å²) in [6, 6.07) is 0. The molecule has 0 saturated carbocycles. The van der Waals surface area contributed by atoms with E-state index in [1.54, 1.807) is 0 Å². The molecule has 14 heavy (non-hydrogen) atoms. The molecule has 0 aliphatic carbocycles. The summed E-state index contributed by atoms with van der Waals surface area (Å²) in [7, 11) is 0. The van der Waals surface area contributed by atoms with Crippen molar-refractivity contribution in [2.75, 3.05) is 12.4 Å². The molecule has 80 valence electrons. The third-order valence-corrected chi connectivity index (χ3v) is 3.51. The van der Waals surface area contributed by atoms with E-state index in [9.17, 15) is 0 Å². The van der Waals surface area contributed by atoms with E-state index in [1.807, 2.05) is 11.8 Å². The molecule has 0 bridgehead atoms. The fourth-order valence-corrected chi connectivity index (χ4v) is 2.79. The molecule has 1 fully saturated rings. The molecule has 1 unspecified atom stereocenters. The van der Waals surface area contributed by atoms with Crippen LogP contribution in [-0.2, 0) is 4.74 Å². The van der Waals surface area contributed by atoms with Crippen LogP contribution >= 0.6 is 11.8 Å². The van der Waals surface area contributed by atoms with Crippen LogP contribution in [0.15, 0.2) is 11.1 Å². The highest BCUT2D eigenvalue weighted by molar-refractivity contribution is 8.02. The Kier molecular flexibility index (Phi) is 5.53. The Morgan fingerprint density at radius 2 is 2.36 bits per heavy atom. The van der Waals surface area contributed by atoms with Gasteiger partial charge in [-0.25, -0.2) is 0 Å². The monoisotopic (exact) mass is 212 g/mol. The standard InChI is InChI=1S/C11H21BOS/c1-4-13-11(14-5-2)9-12-7-6-10(3)8-12/h9-10H,4-8H2,1-3H3/b11-9+. The zero-order valence-electron chi connectivity index (χ0n) is 9.58. The molecule has 0 amide bonds. The fourth-order valence-electron chi connectivity index (χ4n) is 2.02. The maximum Gasteiger partial charge on any atom is 0.172 e. The van der Waals surface area contributed by atoms with E-state index in [1.165, 1.54) is 19.1 Å². The second-order valence-electron chi connectivity index (χ2n) is 4.03. The molecule has 1 saturated heterocycles. The molecule has 0 spiro atoms. The molecule has 1 nitrogen and oxygen atoms in total. The number of hydrogen-bond acceptors (Lipinski definition) is 2. The van der Waals surface area contributed by atoms with Gasteiger partial charge < -0.3 is 4.74 Å². The van der Waals surface area contributed by atoms with Crippen molar-refractivity contribution in [3.63, 3.8) is 0 Å². The predicted octanol–water partition coefficient (Wildman–Crippen LogP) is 3.69. The number of rotatable bonds is 5. The van der Waals surface area contributed by atoms with E-state index >= 15 is 0 Å². The summed E-state index contributed by atoms with van der Waals surface area (Å²) in [6.07, 6.45) is 4.08. The van der Waals surface area contributed by atoms with Crippen molar-refractivity contribution in [2.24, 2.45) is 5.92 Å². The predicted molar refractivity (Wildman–Crippen MR) is 67.0 cm³/mol. The maximum atomic E-state index is 5.60. The molecule has 1 aliphatic heterocycles. The van der Waals surface area contributed by atoms with E-state index in [2.05, 4.69) is 26.7 Å². The minimum Gasteiger partial charge on any atom is -0.489 e. The minimum absolute atomic E-state index is 0.769. The molecule has 0 aromatic heterocycles. The smallest absolute Gasteiger partial charge is 0.172 e. The Labute approximate surface area is 92.8 Å². The summed E-state index contributed by atoms with van der Waals surface area (Å²) in [5, 5.41) is 1.15. The molecular formula is C11H21BOS. The lowest BCUT2D eigenvalue weighted by Crippen LogP contribution is -2.05. The molecule has 0 N–H and O–H groups in total. The highest BCUT2D eigenvalue weighted by atomic mass is 32.2. The first-order valence-corrected chi connectivity index (χ1v) is 6.72. The first-order chi connectivity index (χ1) is 6.76. The summed E-state index contributed by atoms with van der Waals surface area (Å²) in [6.45, 7) is 8.14. The number of thioether (sulfide) groups is 1. The third-order valence-electron chi connectivity index (χ3n) is 2.68. The SMILES string of the molecule is CCO/C(=C\B1CCC(C)C1)SCC. The molecule has 0 aromatic carbocycles. The van der Waals surface area contributed by atoms with Gasteiger partial charge in [0.05, 0.1) is 6.61 Å². The molecule has 1 heterocycles. The molecule has 3 heteroatoms. The third kappa shape index (κ3) is 3.99. The van der Waals surface area contributed by atoms with Crippen molar-refractivity contribution in [3.8, 4) is 0 Å².